The Morgan fingerprint density at radius 1 is 1.17 bits per heavy atom. The van der Waals surface area contributed by atoms with Crippen molar-refractivity contribution in [3.8, 4) is 17.3 Å². The SMILES string of the molecule is CCOC(=O)c1sc(NC(=O)CCSc2nc(-c3ccc(Cl)cc3)ccc2C#N)c(C(=O)OC)c1C. The Bertz CT molecular complexity index is 1330. The van der Waals surface area contributed by atoms with Crippen LogP contribution < -0.4 is 5.32 Å². The molecule has 0 radical (unpaired) electrons. The second-order valence-electron chi connectivity index (χ2n) is 7.29. The van der Waals surface area contributed by atoms with Gasteiger partial charge in [0.05, 0.1) is 30.5 Å². The van der Waals surface area contributed by atoms with Crippen molar-refractivity contribution in [1.82, 2.24) is 4.98 Å². The minimum atomic E-state index is -0.661. The third-order valence-electron chi connectivity index (χ3n) is 4.94. The lowest BCUT2D eigenvalue weighted by Gasteiger charge is -2.08. The molecule has 0 spiro atoms. The van der Waals surface area contributed by atoms with E-state index in [0.29, 0.717) is 32.6 Å². The molecular formula is C25H22ClN3O5S2. The van der Waals surface area contributed by atoms with Gasteiger partial charge in [0.1, 0.15) is 21.0 Å². The molecule has 2 heterocycles. The topological polar surface area (TPSA) is 118 Å². The van der Waals surface area contributed by atoms with Crippen molar-refractivity contribution in [2.24, 2.45) is 0 Å². The number of benzene rings is 1. The van der Waals surface area contributed by atoms with E-state index >= 15 is 0 Å². The molecule has 0 unspecified atom stereocenters. The van der Waals surface area contributed by atoms with Gasteiger partial charge < -0.3 is 14.8 Å². The van der Waals surface area contributed by atoms with Crippen LogP contribution in [0, 0.1) is 18.3 Å². The lowest BCUT2D eigenvalue weighted by Crippen LogP contribution is -2.14. The number of halogens is 1. The highest BCUT2D eigenvalue weighted by atomic mass is 35.5. The van der Waals surface area contributed by atoms with Crippen LogP contribution in [0.4, 0.5) is 5.00 Å². The molecule has 0 atom stereocenters. The number of nitriles is 1. The number of nitrogens with one attached hydrogen (secondary N) is 1. The summed E-state index contributed by atoms with van der Waals surface area (Å²) in [6.07, 6.45) is 0.0781. The number of esters is 2. The lowest BCUT2D eigenvalue weighted by molar-refractivity contribution is -0.115. The summed E-state index contributed by atoms with van der Waals surface area (Å²) in [5.74, 6) is -1.26. The lowest BCUT2D eigenvalue weighted by atomic mass is 10.1. The summed E-state index contributed by atoms with van der Waals surface area (Å²) in [5, 5.41) is 13.5. The molecule has 0 fully saturated rings. The van der Waals surface area contributed by atoms with Gasteiger partial charge in [0.2, 0.25) is 5.91 Å². The first kappa shape index (κ1) is 27.2. The smallest absolute Gasteiger partial charge is 0.348 e. The normalized spacial score (nSPS) is 10.4. The van der Waals surface area contributed by atoms with E-state index in [2.05, 4.69) is 16.4 Å². The van der Waals surface area contributed by atoms with Crippen LogP contribution in [0.3, 0.4) is 0 Å². The Labute approximate surface area is 221 Å². The molecular weight excluding hydrogens is 522 g/mol. The number of carbonyl (C=O) groups excluding carboxylic acids is 3. The standard InChI is InChI=1S/C25H22ClN3O5S2/c1-4-34-25(32)21-14(2)20(24(31)33-3)23(36-21)29-19(30)11-12-35-22-16(13-27)7-10-18(28-22)15-5-8-17(26)9-6-15/h5-10H,4,11-12H2,1-3H3,(H,29,30). The number of amides is 1. The summed E-state index contributed by atoms with van der Waals surface area (Å²) >= 11 is 8.19. The van der Waals surface area contributed by atoms with Crippen molar-refractivity contribution >= 4 is 57.5 Å². The second kappa shape index (κ2) is 12.5. The number of pyridine rings is 1. The number of thioether (sulfide) groups is 1. The highest BCUT2D eigenvalue weighted by Gasteiger charge is 2.27. The van der Waals surface area contributed by atoms with Crippen LogP contribution >= 0.6 is 34.7 Å². The summed E-state index contributed by atoms with van der Waals surface area (Å²) < 4.78 is 9.87. The molecule has 0 aliphatic carbocycles. The number of anilines is 1. The van der Waals surface area contributed by atoms with Gasteiger partial charge in [0.25, 0.3) is 0 Å². The van der Waals surface area contributed by atoms with Crippen LogP contribution in [0.15, 0.2) is 41.4 Å². The van der Waals surface area contributed by atoms with Crippen molar-refractivity contribution < 1.29 is 23.9 Å². The molecule has 0 saturated carbocycles. The van der Waals surface area contributed by atoms with Gasteiger partial charge in [-0.1, -0.05) is 23.7 Å². The highest BCUT2D eigenvalue weighted by molar-refractivity contribution is 7.99. The fraction of sp³-hybridized carbons (Fsp3) is 0.240. The summed E-state index contributed by atoms with van der Waals surface area (Å²) in [4.78, 5) is 42.0. The van der Waals surface area contributed by atoms with E-state index in [-0.39, 0.29) is 34.4 Å². The molecule has 3 rings (SSSR count). The molecule has 2 aromatic heterocycles. The van der Waals surface area contributed by atoms with Gasteiger partial charge in [0, 0.05) is 22.8 Å². The monoisotopic (exact) mass is 543 g/mol. The molecule has 36 heavy (non-hydrogen) atoms. The molecule has 186 valence electrons. The molecule has 1 aromatic carbocycles. The zero-order valence-electron chi connectivity index (χ0n) is 19.7. The van der Waals surface area contributed by atoms with Crippen LogP contribution in [0.1, 0.15) is 44.5 Å². The first-order valence-electron chi connectivity index (χ1n) is 10.8. The van der Waals surface area contributed by atoms with Gasteiger partial charge in [-0.2, -0.15) is 5.26 Å². The molecule has 0 saturated heterocycles. The van der Waals surface area contributed by atoms with E-state index in [1.807, 2.05) is 12.1 Å². The van der Waals surface area contributed by atoms with Gasteiger partial charge in [-0.25, -0.2) is 14.6 Å². The van der Waals surface area contributed by atoms with E-state index in [9.17, 15) is 19.6 Å². The first-order chi connectivity index (χ1) is 17.3. The molecule has 3 aromatic rings. The zero-order valence-corrected chi connectivity index (χ0v) is 22.1. The quantitative estimate of drug-likeness (QED) is 0.268. The van der Waals surface area contributed by atoms with Crippen LogP contribution in [-0.2, 0) is 14.3 Å². The van der Waals surface area contributed by atoms with E-state index in [1.54, 1.807) is 38.1 Å². The molecule has 0 aliphatic heterocycles. The fourth-order valence-electron chi connectivity index (χ4n) is 3.19. The highest BCUT2D eigenvalue weighted by Crippen LogP contribution is 2.34. The minimum Gasteiger partial charge on any atom is -0.465 e. The van der Waals surface area contributed by atoms with Crippen LogP contribution in [0.25, 0.3) is 11.3 Å². The second-order valence-corrected chi connectivity index (χ2v) is 9.83. The maximum Gasteiger partial charge on any atom is 0.348 e. The van der Waals surface area contributed by atoms with E-state index < -0.39 is 11.9 Å². The number of aromatic nitrogens is 1. The van der Waals surface area contributed by atoms with Crippen molar-refractivity contribution in [3.05, 3.63) is 63.0 Å². The van der Waals surface area contributed by atoms with Crippen molar-refractivity contribution in [3.63, 3.8) is 0 Å². The van der Waals surface area contributed by atoms with E-state index in [1.165, 1.54) is 18.9 Å². The molecule has 0 bridgehead atoms. The number of thiophene rings is 1. The average Bonchev–Trinajstić information content (AvgIpc) is 3.19. The maximum absolute atomic E-state index is 12.7. The summed E-state index contributed by atoms with van der Waals surface area (Å²) in [5.41, 5.74) is 2.44. The van der Waals surface area contributed by atoms with Gasteiger partial charge in [0.15, 0.2) is 0 Å². The van der Waals surface area contributed by atoms with Crippen LogP contribution in [0.2, 0.25) is 5.02 Å². The number of rotatable bonds is 9. The largest absolute Gasteiger partial charge is 0.465 e. The van der Waals surface area contributed by atoms with Crippen LogP contribution in [0.5, 0.6) is 0 Å². The minimum absolute atomic E-state index is 0.0781. The average molecular weight is 544 g/mol. The Hall–Kier alpha value is -3.39. The number of carbonyl (C=O) groups is 3. The van der Waals surface area contributed by atoms with Crippen molar-refractivity contribution in [1.29, 1.82) is 5.26 Å². The van der Waals surface area contributed by atoms with Gasteiger partial charge in [-0.05, 0) is 43.7 Å². The predicted octanol–water partition coefficient (Wildman–Crippen LogP) is 5.73. The van der Waals surface area contributed by atoms with E-state index in [0.717, 1.165) is 16.9 Å². The Morgan fingerprint density at radius 3 is 2.53 bits per heavy atom. The third-order valence-corrected chi connectivity index (χ3v) is 7.37. The van der Waals surface area contributed by atoms with Gasteiger partial charge >= 0.3 is 11.9 Å². The zero-order chi connectivity index (χ0) is 26.2. The van der Waals surface area contributed by atoms with E-state index in [4.69, 9.17) is 21.1 Å². The molecule has 0 aliphatic rings. The third kappa shape index (κ3) is 6.43. The number of hydrogen-bond acceptors (Lipinski definition) is 9. The Morgan fingerprint density at radius 2 is 1.89 bits per heavy atom. The predicted molar refractivity (Wildman–Crippen MR) is 140 cm³/mol. The number of hydrogen-bond donors (Lipinski definition) is 1. The first-order valence-corrected chi connectivity index (χ1v) is 13.0. The Kier molecular flexibility index (Phi) is 9.47. The van der Waals surface area contributed by atoms with Gasteiger partial charge in [-0.15, -0.1) is 23.1 Å². The summed E-state index contributed by atoms with van der Waals surface area (Å²) in [6, 6.07) is 12.8. The molecule has 1 N–H and O–H groups in total. The number of ether oxygens (including phenoxy) is 2. The molecule has 11 heteroatoms. The van der Waals surface area contributed by atoms with Crippen molar-refractivity contribution in [2.45, 2.75) is 25.3 Å². The summed E-state index contributed by atoms with van der Waals surface area (Å²) in [6.45, 7) is 3.46. The Balaban J connectivity index is 1.72. The molecule has 8 nitrogen and oxygen atoms in total. The van der Waals surface area contributed by atoms with Gasteiger partial charge in [-0.3, -0.25) is 4.79 Å². The summed E-state index contributed by atoms with van der Waals surface area (Å²) in [7, 11) is 1.23. The van der Waals surface area contributed by atoms with Crippen molar-refractivity contribution in [2.75, 3.05) is 24.8 Å². The number of nitrogens with zero attached hydrogens (tertiary/aromatic N) is 2. The molecule has 1 amide bonds. The fourth-order valence-corrected chi connectivity index (χ4v) is 5.33. The number of methoxy groups -OCH3 is 1. The maximum atomic E-state index is 12.7. The van der Waals surface area contributed by atoms with Crippen LogP contribution in [-0.4, -0.2) is 42.3 Å².